The summed E-state index contributed by atoms with van der Waals surface area (Å²) in [4.78, 5) is 12.2. The molecule has 0 amide bonds. The third kappa shape index (κ3) is 4.89. The van der Waals surface area contributed by atoms with Crippen molar-refractivity contribution in [3.63, 3.8) is 0 Å². The van der Waals surface area contributed by atoms with Gasteiger partial charge in [0.2, 0.25) is 15.3 Å². The van der Waals surface area contributed by atoms with Crippen LogP contribution in [0.4, 0.5) is 5.82 Å². The molecule has 1 atom stereocenters. The van der Waals surface area contributed by atoms with E-state index in [-0.39, 0.29) is 11.2 Å². The first-order valence-electron chi connectivity index (χ1n) is 10.7. The van der Waals surface area contributed by atoms with Crippen molar-refractivity contribution in [1.82, 2.24) is 14.3 Å². The number of nitrogens with two attached hydrogens (primary N) is 1. The number of fused-ring (bicyclic) bond motifs is 1. The lowest BCUT2D eigenvalue weighted by Gasteiger charge is -2.42. The third-order valence-corrected chi connectivity index (χ3v) is 9.17. The van der Waals surface area contributed by atoms with Gasteiger partial charge in [0.05, 0.1) is 35.3 Å². The summed E-state index contributed by atoms with van der Waals surface area (Å²) in [6.07, 6.45) is 3.32. The van der Waals surface area contributed by atoms with E-state index in [4.69, 9.17) is 26.8 Å². The normalized spacial score (nSPS) is 21.2. The quantitative estimate of drug-likeness (QED) is 0.569. The molecule has 4 heterocycles. The number of anilines is 1. The predicted molar refractivity (Wildman–Crippen MR) is 127 cm³/mol. The molecule has 4 rings (SSSR count). The Morgan fingerprint density at radius 2 is 1.97 bits per heavy atom. The number of ether oxygens (including phenoxy) is 2. The fourth-order valence-electron chi connectivity index (χ4n) is 4.73. The number of morpholine rings is 1. The summed E-state index contributed by atoms with van der Waals surface area (Å²) < 4.78 is 37.8. The van der Waals surface area contributed by atoms with Crippen molar-refractivity contribution < 1.29 is 17.9 Å². The SMILES string of the molecule is COC(CN)(Cc1cc2nc(Cl)nc(N3CCOCC3)c2s1)C1CCN(S(C)(=O)=O)CC1. The smallest absolute Gasteiger partial charge is 0.224 e. The molecule has 32 heavy (non-hydrogen) atoms. The fourth-order valence-corrected chi connectivity index (χ4v) is 7.00. The molecule has 2 aliphatic rings. The molecule has 0 bridgehead atoms. The van der Waals surface area contributed by atoms with E-state index in [1.54, 1.807) is 18.4 Å². The highest BCUT2D eigenvalue weighted by Crippen LogP contribution is 2.39. The minimum atomic E-state index is -3.18. The minimum Gasteiger partial charge on any atom is -0.378 e. The molecule has 2 aliphatic heterocycles. The first-order valence-corrected chi connectivity index (χ1v) is 13.8. The van der Waals surface area contributed by atoms with E-state index < -0.39 is 15.6 Å². The molecular formula is C20H30ClN5O4S2. The van der Waals surface area contributed by atoms with Crippen LogP contribution >= 0.6 is 22.9 Å². The van der Waals surface area contributed by atoms with Crippen molar-refractivity contribution in [3.8, 4) is 0 Å². The standard InChI is InChI=1S/C20H30ClN5O4S2/c1-29-20(13-22,14-3-5-26(6-4-14)32(2,27)28)12-15-11-16-17(31-15)18(24-19(21)23-16)25-7-9-30-10-8-25/h11,14H,3-10,12-13,22H2,1-2H3. The second-order valence-electron chi connectivity index (χ2n) is 8.43. The molecule has 0 spiro atoms. The molecule has 2 aromatic heterocycles. The molecule has 178 valence electrons. The van der Waals surface area contributed by atoms with Gasteiger partial charge >= 0.3 is 0 Å². The number of halogens is 1. The molecule has 2 fully saturated rings. The Bertz CT molecular complexity index is 1050. The van der Waals surface area contributed by atoms with Gasteiger partial charge in [0.15, 0.2) is 5.82 Å². The van der Waals surface area contributed by atoms with Crippen molar-refractivity contribution in [2.45, 2.75) is 24.9 Å². The van der Waals surface area contributed by atoms with Gasteiger partial charge in [0.1, 0.15) is 0 Å². The van der Waals surface area contributed by atoms with Crippen LogP contribution in [0.2, 0.25) is 5.28 Å². The van der Waals surface area contributed by atoms with Gasteiger partial charge < -0.3 is 20.1 Å². The molecule has 0 radical (unpaired) electrons. The van der Waals surface area contributed by atoms with Gasteiger partial charge in [0.25, 0.3) is 0 Å². The Hall–Kier alpha value is -1.08. The van der Waals surface area contributed by atoms with E-state index in [1.165, 1.54) is 10.6 Å². The summed E-state index contributed by atoms with van der Waals surface area (Å²) in [5, 5.41) is 0.230. The zero-order valence-electron chi connectivity index (χ0n) is 18.4. The highest BCUT2D eigenvalue weighted by atomic mass is 35.5. The Kier molecular flexibility index (Phi) is 7.26. The van der Waals surface area contributed by atoms with Gasteiger partial charge in [-0.2, -0.15) is 4.98 Å². The van der Waals surface area contributed by atoms with Crippen molar-refractivity contribution in [1.29, 1.82) is 0 Å². The monoisotopic (exact) mass is 503 g/mol. The number of thiophene rings is 1. The van der Waals surface area contributed by atoms with Gasteiger partial charge in [0, 0.05) is 51.1 Å². The number of rotatable bonds is 7. The molecule has 0 saturated carbocycles. The second-order valence-corrected chi connectivity index (χ2v) is 11.9. The van der Waals surface area contributed by atoms with Crippen LogP contribution in [0.25, 0.3) is 10.2 Å². The summed E-state index contributed by atoms with van der Waals surface area (Å²) in [7, 11) is -1.49. The van der Waals surface area contributed by atoms with E-state index in [0.717, 1.165) is 34.0 Å². The number of hydrogen-bond donors (Lipinski definition) is 1. The average molecular weight is 504 g/mol. The maximum atomic E-state index is 11.9. The maximum Gasteiger partial charge on any atom is 0.224 e. The number of nitrogens with zero attached hydrogens (tertiary/aromatic N) is 4. The molecule has 1 unspecified atom stereocenters. The fraction of sp³-hybridized carbons (Fsp3) is 0.700. The molecule has 2 aromatic rings. The largest absolute Gasteiger partial charge is 0.378 e. The van der Waals surface area contributed by atoms with Crippen LogP contribution in [0.3, 0.4) is 0 Å². The number of piperidine rings is 1. The highest BCUT2D eigenvalue weighted by Gasteiger charge is 2.41. The summed E-state index contributed by atoms with van der Waals surface area (Å²) in [5.74, 6) is 1.01. The van der Waals surface area contributed by atoms with Crippen molar-refractivity contribution >= 4 is 49.0 Å². The van der Waals surface area contributed by atoms with Gasteiger partial charge in [-0.3, -0.25) is 0 Å². The zero-order valence-corrected chi connectivity index (χ0v) is 20.8. The number of hydrogen-bond acceptors (Lipinski definition) is 9. The van der Waals surface area contributed by atoms with Crippen LogP contribution in [-0.2, 0) is 25.9 Å². The summed E-state index contributed by atoms with van der Waals surface area (Å²) >= 11 is 7.88. The Morgan fingerprint density at radius 1 is 1.28 bits per heavy atom. The van der Waals surface area contributed by atoms with Crippen LogP contribution in [0, 0.1) is 5.92 Å². The van der Waals surface area contributed by atoms with E-state index in [2.05, 4.69) is 14.9 Å². The lowest BCUT2D eigenvalue weighted by atomic mass is 9.78. The molecule has 12 heteroatoms. The maximum absolute atomic E-state index is 11.9. The molecular weight excluding hydrogens is 474 g/mol. The number of aromatic nitrogens is 2. The average Bonchev–Trinajstić information content (AvgIpc) is 3.19. The lowest BCUT2D eigenvalue weighted by Crippen LogP contribution is -2.52. The summed E-state index contributed by atoms with van der Waals surface area (Å²) in [5.41, 5.74) is 6.51. The van der Waals surface area contributed by atoms with E-state index in [9.17, 15) is 8.42 Å². The van der Waals surface area contributed by atoms with Crippen molar-refractivity contribution in [2.75, 3.05) is 64.2 Å². The van der Waals surface area contributed by atoms with Crippen molar-refractivity contribution in [2.24, 2.45) is 11.7 Å². The number of methoxy groups -OCH3 is 1. The minimum absolute atomic E-state index is 0.161. The van der Waals surface area contributed by atoms with Gasteiger partial charge in [-0.1, -0.05) is 0 Å². The van der Waals surface area contributed by atoms with E-state index >= 15 is 0 Å². The van der Waals surface area contributed by atoms with Gasteiger partial charge in [-0.05, 0) is 36.4 Å². The molecule has 9 nitrogen and oxygen atoms in total. The topological polar surface area (TPSA) is 111 Å². The van der Waals surface area contributed by atoms with Crippen LogP contribution < -0.4 is 10.6 Å². The molecule has 0 aromatic carbocycles. The van der Waals surface area contributed by atoms with Gasteiger partial charge in [-0.15, -0.1) is 11.3 Å². The van der Waals surface area contributed by atoms with Gasteiger partial charge in [-0.25, -0.2) is 17.7 Å². The van der Waals surface area contributed by atoms with Crippen LogP contribution in [0.5, 0.6) is 0 Å². The summed E-state index contributed by atoms with van der Waals surface area (Å²) in [6.45, 7) is 4.18. The molecule has 2 saturated heterocycles. The zero-order chi connectivity index (χ0) is 22.9. The van der Waals surface area contributed by atoms with E-state index in [0.29, 0.717) is 52.1 Å². The van der Waals surface area contributed by atoms with Crippen LogP contribution in [-0.4, -0.2) is 87.6 Å². The Balaban J connectivity index is 1.60. The number of sulfonamides is 1. The lowest BCUT2D eigenvalue weighted by molar-refractivity contribution is -0.0639. The van der Waals surface area contributed by atoms with E-state index in [1.807, 2.05) is 6.07 Å². The Morgan fingerprint density at radius 3 is 2.56 bits per heavy atom. The third-order valence-electron chi connectivity index (χ3n) is 6.58. The summed E-state index contributed by atoms with van der Waals surface area (Å²) in [6, 6.07) is 2.05. The Labute approximate surface area is 197 Å². The molecule has 2 N–H and O–H groups in total. The van der Waals surface area contributed by atoms with Crippen LogP contribution in [0.1, 0.15) is 17.7 Å². The first-order chi connectivity index (χ1) is 15.3. The van der Waals surface area contributed by atoms with Crippen molar-refractivity contribution in [3.05, 3.63) is 16.2 Å². The predicted octanol–water partition coefficient (Wildman–Crippen LogP) is 1.74. The first kappa shape index (κ1) is 24.1. The van der Waals surface area contributed by atoms with Crippen LogP contribution in [0.15, 0.2) is 6.07 Å². The highest BCUT2D eigenvalue weighted by molar-refractivity contribution is 7.88. The second kappa shape index (κ2) is 9.65. The molecule has 0 aliphatic carbocycles.